The molecule has 6 heteroatoms. The quantitative estimate of drug-likeness (QED) is 0.723. The van der Waals surface area contributed by atoms with Gasteiger partial charge in [-0.25, -0.2) is 0 Å². The van der Waals surface area contributed by atoms with E-state index in [0.717, 1.165) is 12.0 Å². The van der Waals surface area contributed by atoms with Gasteiger partial charge in [0.05, 0.1) is 11.3 Å². The molecule has 0 spiro atoms. The predicted molar refractivity (Wildman–Crippen MR) is 55.2 cm³/mol. The van der Waals surface area contributed by atoms with Gasteiger partial charge < -0.3 is 4.52 Å². The summed E-state index contributed by atoms with van der Waals surface area (Å²) < 4.78 is 6.57. The lowest BCUT2D eigenvalue weighted by Crippen LogP contribution is -2.05. The van der Waals surface area contributed by atoms with Crippen LogP contribution in [0.25, 0.3) is 0 Å². The normalized spacial score (nSPS) is 10.7. The largest absolute Gasteiger partial charge is 0.340 e. The van der Waals surface area contributed by atoms with Crippen molar-refractivity contribution in [3.05, 3.63) is 28.7 Å². The molecule has 0 aromatic carbocycles. The van der Waals surface area contributed by atoms with Gasteiger partial charge in [0.15, 0.2) is 12.1 Å². The lowest BCUT2D eigenvalue weighted by atomic mass is 10.2. The van der Waals surface area contributed by atoms with Crippen LogP contribution in [0.4, 0.5) is 0 Å². The van der Waals surface area contributed by atoms with Crippen molar-refractivity contribution < 1.29 is 9.32 Å². The third kappa shape index (κ3) is 1.73. The maximum absolute atomic E-state index is 10.8. The molecule has 0 saturated heterocycles. The van der Waals surface area contributed by atoms with Crippen molar-refractivity contribution in [2.75, 3.05) is 0 Å². The Hall–Kier alpha value is -1.98. The van der Waals surface area contributed by atoms with Crippen LogP contribution < -0.4 is 0 Å². The maximum Gasteiger partial charge on any atom is 0.223 e. The van der Waals surface area contributed by atoms with Crippen molar-refractivity contribution in [2.45, 2.75) is 27.3 Å². The summed E-state index contributed by atoms with van der Waals surface area (Å²) in [6, 6.07) is 0. The fourth-order valence-corrected chi connectivity index (χ4v) is 1.57. The lowest BCUT2D eigenvalue weighted by molar-refractivity contribution is 0.112. The minimum absolute atomic E-state index is 0.415. The average molecular weight is 220 g/mol. The Morgan fingerprint density at radius 3 is 2.62 bits per heavy atom. The number of nitrogens with zero attached hydrogens (tertiary/aromatic N) is 4. The Balaban J connectivity index is 2.31. The lowest BCUT2D eigenvalue weighted by Gasteiger charge is -1.99. The molecular formula is C10H12N4O2. The van der Waals surface area contributed by atoms with Gasteiger partial charge in [-0.1, -0.05) is 5.16 Å². The summed E-state index contributed by atoms with van der Waals surface area (Å²) in [5, 5.41) is 8.03. The van der Waals surface area contributed by atoms with Gasteiger partial charge in [0, 0.05) is 12.6 Å². The highest BCUT2D eigenvalue weighted by atomic mass is 16.5. The Kier molecular flexibility index (Phi) is 2.55. The molecule has 0 bridgehead atoms. The third-order valence-corrected chi connectivity index (χ3v) is 2.42. The highest BCUT2D eigenvalue weighted by Crippen LogP contribution is 2.11. The summed E-state index contributed by atoms with van der Waals surface area (Å²) in [7, 11) is 0. The van der Waals surface area contributed by atoms with Gasteiger partial charge in [-0.05, 0) is 13.8 Å². The van der Waals surface area contributed by atoms with Crippen molar-refractivity contribution in [3.63, 3.8) is 0 Å². The summed E-state index contributed by atoms with van der Waals surface area (Å²) in [6.45, 7) is 5.79. The van der Waals surface area contributed by atoms with E-state index >= 15 is 0 Å². The first-order valence-corrected chi connectivity index (χ1v) is 4.90. The minimum Gasteiger partial charge on any atom is -0.340 e. The van der Waals surface area contributed by atoms with E-state index in [2.05, 4.69) is 15.2 Å². The molecule has 0 atom stereocenters. The first kappa shape index (κ1) is 10.5. The second kappa shape index (κ2) is 3.88. The van der Waals surface area contributed by atoms with Crippen LogP contribution in [0.5, 0.6) is 0 Å². The van der Waals surface area contributed by atoms with Gasteiger partial charge in [0.2, 0.25) is 5.89 Å². The number of rotatable bonds is 3. The van der Waals surface area contributed by atoms with Gasteiger partial charge in [-0.2, -0.15) is 10.1 Å². The molecule has 0 unspecified atom stereocenters. The zero-order valence-corrected chi connectivity index (χ0v) is 9.39. The highest BCUT2D eigenvalue weighted by Gasteiger charge is 2.12. The highest BCUT2D eigenvalue weighted by molar-refractivity contribution is 5.78. The van der Waals surface area contributed by atoms with E-state index in [4.69, 9.17) is 4.52 Å². The topological polar surface area (TPSA) is 73.8 Å². The number of aromatic nitrogens is 4. The Morgan fingerprint density at radius 2 is 2.12 bits per heavy atom. The molecule has 0 aliphatic heterocycles. The molecule has 0 aliphatic rings. The predicted octanol–water partition coefficient (Wildman–Crippen LogP) is 1.05. The van der Waals surface area contributed by atoms with E-state index in [0.29, 0.717) is 29.5 Å². The Morgan fingerprint density at radius 1 is 1.38 bits per heavy atom. The molecule has 6 nitrogen and oxygen atoms in total. The van der Waals surface area contributed by atoms with E-state index in [1.165, 1.54) is 0 Å². The zero-order valence-electron chi connectivity index (χ0n) is 9.39. The third-order valence-electron chi connectivity index (χ3n) is 2.42. The van der Waals surface area contributed by atoms with Crippen LogP contribution in [0.2, 0.25) is 0 Å². The standard InChI is InChI=1S/C10H12N4O2/c1-6-9(5-15)7(2)14(12-6)4-10-11-8(3)16-13-10/h5H,4H2,1-3H3. The number of carbonyl (C=O) groups excluding carboxylic acids is 1. The first-order chi connectivity index (χ1) is 7.61. The van der Waals surface area contributed by atoms with Crippen LogP contribution in [-0.2, 0) is 6.54 Å². The average Bonchev–Trinajstić information content (AvgIpc) is 2.74. The van der Waals surface area contributed by atoms with Gasteiger partial charge >= 0.3 is 0 Å². The molecule has 0 amide bonds. The number of aryl methyl sites for hydroxylation is 2. The van der Waals surface area contributed by atoms with Crippen LogP contribution >= 0.6 is 0 Å². The van der Waals surface area contributed by atoms with Crippen LogP contribution in [-0.4, -0.2) is 26.2 Å². The van der Waals surface area contributed by atoms with Crippen molar-refractivity contribution >= 4 is 6.29 Å². The molecule has 0 radical (unpaired) electrons. The van der Waals surface area contributed by atoms with E-state index < -0.39 is 0 Å². The van der Waals surface area contributed by atoms with Gasteiger partial charge in [-0.3, -0.25) is 9.48 Å². The Bertz CT molecular complexity index is 527. The van der Waals surface area contributed by atoms with Gasteiger partial charge in [0.25, 0.3) is 0 Å². The Labute approximate surface area is 92.3 Å². The molecular weight excluding hydrogens is 208 g/mol. The molecule has 0 saturated carbocycles. The van der Waals surface area contributed by atoms with Crippen molar-refractivity contribution in [1.82, 2.24) is 19.9 Å². The fraction of sp³-hybridized carbons (Fsp3) is 0.400. The summed E-state index contributed by atoms with van der Waals surface area (Å²) >= 11 is 0. The summed E-state index contributed by atoms with van der Waals surface area (Å²) in [5.41, 5.74) is 2.16. The second-order valence-corrected chi connectivity index (χ2v) is 3.59. The molecule has 2 heterocycles. The van der Waals surface area contributed by atoms with Crippen molar-refractivity contribution in [2.24, 2.45) is 0 Å². The zero-order chi connectivity index (χ0) is 11.7. The molecule has 16 heavy (non-hydrogen) atoms. The van der Waals surface area contributed by atoms with E-state index in [1.54, 1.807) is 18.5 Å². The smallest absolute Gasteiger partial charge is 0.223 e. The first-order valence-electron chi connectivity index (χ1n) is 4.90. The van der Waals surface area contributed by atoms with Gasteiger partial charge in [0.1, 0.15) is 6.54 Å². The van der Waals surface area contributed by atoms with Crippen LogP contribution in [0, 0.1) is 20.8 Å². The SMILES string of the molecule is Cc1nc(Cn2nc(C)c(C=O)c2C)no1. The second-order valence-electron chi connectivity index (χ2n) is 3.59. The van der Waals surface area contributed by atoms with Crippen LogP contribution in [0.15, 0.2) is 4.52 Å². The molecule has 84 valence electrons. The van der Waals surface area contributed by atoms with Gasteiger partial charge in [-0.15, -0.1) is 0 Å². The summed E-state index contributed by atoms with van der Waals surface area (Å²) in [6.07, 6.45) is 0.815. The molecule has 2 aromatic rings. The minimum atomic E-state index is 0.415. The number of hydrogen-bond donors (Lipinski definition) is 0. The van der Waals surface area contributed by atoms with E-state index in [1.807, 2.05) is 6.92 Å². The van der Waals surface area contributed by atoms with Crippen molar-refractivity contribution in [3.8, 4) is 0 Å². The molecule has 2 rings (SSSR count). The number of hydrogen-bond acceptors (Lipinski definition) is 5. The molecule has 0 N–H and O–H groups in total. The monoisotopic (exact) mass is 220 g/mol. The van der Waals surface area contributed by atoms with Crippen LogP contribution in [0.3, 0.4) is 0 Å². The molecule has 2 aromatic heterocycles. The maximum atomic E-state index is 10.8. The van der Waals surface area contributed by atoms with E-state index in [9.17, 15) is 4.79 Å². The van der Waals surface area contributed by atoms with Crippen molar-refractivity contribution in [1.29, 1.82) is 0 Å². The summed E-state index contributed by atoms with van der Waals surface area (Å²) in [4.78, 5) is 14.9. The van der Waals surface area contributed by atoms with E-state index in [-0.39, 0.29) is 0 Å². The number of carbonyl (C=O) groups is 1. The summed E-state index contributed by atoms with van der Waals surface area (Å²) in [5.74, 6) is 1.08. The molecule has 0 aliphatic carbocycles. The van der Waals surface area contributed by atoms with Crippen LogP contribution in [0.1, 0.15) is 33.5 Å². The fourth-order valence-electron chi connectivity index (χ4n) is 1.57. The molecule has 0 fully saturated rings. The number of aldehydes is 1.